The molecule has 0 unspecified atom stereocenters. The van der Waals surface area contributed by atoms with Crippen LogP contribution in [0.4, 0.5) is 5.69 Å². The Hall–Kier alpha value is -3.90. The van der Waals surface area contributed by atoms with Crippen LogP contribution in [0.2, 0.25) is 0 Å². The predicted molar refractivity (Wildman–Crippen MR) is 117 cm³/mol. The molecule has 4 rings (SSSR count). The lowest BCUT2D eigenvalue weighted by molar-refractivity contribution is -0.152. The van der Waals surface area contributed by atoms with Gasteiger partial charge < -0.3 is 42.9 Å². The monoisotopic (exact) mass is 472 g/mol. The van der Waals surface area contributed by atoms with Crippen LogP contribution in [0.15, 0.2) is 29.0 Å². The summed E-state index contributed by atoms with van der Waals surface area (Å²) in [4.78, 5) is 50.1. The number of aliphatic hydroxyl groups is 3. The van der Waals surface area contributed by atoms with E-state index in [0.29, 0.717) is 0 Å². The highest BCUT2D eigenvalue weighted by molar-refractivity contribution is 6.24. The van der Waals surface area contributed by atoms with Gasteiger partial charge in [-0.2, -0.15) is 0 Å². The van der Waals surface area contributed by atoms with E-state index in [4.69, 9.17) is 17.2 Å². The van der Waals surface area contributed by atoms with Gasteiger partial charge in [0.05, 0.1) is 11.6 Å². The zero-order valence-electron chi connectivity index (χ0n) is 18.1. The third kappa shape index (κ3) is 2.85. The first-order valence-corrected chi connectivity index (χ1v) is 10.4. The number of nitrogens with two attached hydrogens (primary N) is 3. The van der Waals surface area contributed by atoms with Crippen LogP contribution in [0.25, 0.3) is 5.76 Å². The number of phenols is 1. The lowest BCUT2D eigenvalue weighted by Crippen LogP contribution is -2.68. The minimum absolute atomic E-state index is 0.0748. The molecule has 3 aliphatic rings. The number of benzene rings is 1. The molecule has 0 aliphatic heterocycles. The molecule has 11 N–H and O–H groups in total. The average molecular weight is 472 g/mol. The standard InChI is InChI=1S/C22H24N4O8/c1-7(27)26-6-21-4-8-10(23)2-3-11(28)12(8)16(29)14(21)19(32)22(34)9(5-21)15(24)17(30)13(18(22)31)20(25)33/h2-3,9,15,28-29,31,34H,4-6,23-24H2,1H3,(H2,25,33)(H,26,27)/t9-,15-,21-,22+/m0/s1. The maximum absolute atomic E-state index is 13.8. The molecule has 1 fully saturated rings. The van der Waals surface area contributed by atoms with Gasteiger partial charge in [-0.15, -0.1) is 0 Å². The number of aliphatic hydroxyl groups excluding tert-OH is 2. The van der Waals surface area contributed by atoms with Crippen molar-refractivity contribution in [2.75, 3.05) is 12.3 Å². The fourth-order valence-corrected chi connectivity index (χ4v) is 5.44. The van der Waals surface area contributed by atoms with E-state index in [9.17, 15) is 39.6 Å². The Morgan fingerprint density at radius 2 is 1.85 bits per heavy atom. The van der Waals surface area contributed by atoms with Gasteiger partial charge in [0, 0.05) is 36.1 Å². The number of fused-ring (bicyclic) bond motifs is 3. The summed E-state index contributed by atoms with van der Waals surface area (Å²) in [6.07, 6.45) is -0.346. The molecule has 12 nitrogen and oxygen atoms in total. The number of carbonyl (C=O) groups excluding carboxylic acids is 4. The highest BCUT2D eigenvalue weighted by Crippen LogP contribution is 2.57. The maximum Gasteiger partial charge on any atom is 0.255 e. The summed E-state index contributed by atoms with van der Waals surface area (Å²) in [5, 5.41) is 46.3. The Bertz CT molecular complexity index is 1250. The Balaban J connectivity index is 2.05. The van der Waals surface area contributed by atoms with Crippen molar-refractivity contribution in [2.24, 2.45) is 22.8 Å². The van der Waals surface area contributed by atoms with Crippen LogP contribution in [0, 0.1) is 11.3 Å². The molecule has 12 heteroatoms. The van der Waals surface area contributed by atoms with Gasteiger partial charge in [0.1, 0.15) is 22.8 Å². The zero-order valence-corrected chi connectivity index (χ0v) is 18.1. The minimum atomic E-state index is -2.85. The molecule has 0 saturated heterocycles. The van der Waals surface area contributed by atoms with E-state index >= 15 is 0 Å². The quantitative estimate of drug-likeness (QED) is 0.143. The van der Waals surface area contributed by atoms with Crippen LogP contribution in [-0.2, 0) is 25.6 Å². The van der Waals surface area contributed by atoms with Crippen LogP contribution in [-0.4, -0.2) is 62.0 Å². The van der Waals surface area contributed by atoms with Gasteiger partial charge in [0.15, 0.2) is 11.4 Å². The summed E-state index contributed by atoms with van der Waals surface area (Å²) in [6, 6.07) is 1.02. The topological polar surface area (TPSA) is 239 Å². The number of hydrogen-bond donors (Lipinski definition) is 8. The van der Waals surface area contributed by atoms with Crippen molar-refractivity contribution in [3.05, 3.63) is 40.2 Å². The molecule has 180 valence electrons. The van der Waals surface area contributed by atoms with E-state index in [0.717, 1.165) is 0 Å². The maximum atomic E-state index is 13.8. The first-order valence-electron chi connectivity index (χ1n) is 10.4. The van der Waals surface area contributed by atoms with Crippen molar-refractivity contribution in [1.29, 1.82) is 0 Å². The van der Waals surface area contributed by atoms with Crippen molar-refractivity contribution in [2.45, 2.75) is 31.4 Å². The third-order valence-electron chi connectivity index (χ3n) is 7.07. The van der Waals surface area contributed by atoms with Crippen LogP contribution < -0.4 is 22.5 Å². The smallest absolute Gasteiger partial charge is 0.255 e. The van der Waals surface area contributed by atoms with Gasteiger partial charge in [-0.3, -0.25) is 19.2 Å². The summed E-state index contributed by atoms with van der Waals surface area (Å²) < 4.78 is 0. The molecular weight excluding hydrogens is 448 g/mol. The number of Topliss-reactive ketones (excluding diaryl/α,β-unsaturated/α-hetero) is 2. The molecule has 0 bridgehead atoms. The summed E-state index contributed by atoms with van der Waals surface area (Å²) in [6.45, 7) is 1.02. The van der Waals surface area contributed by atoms with Gasteiger partial charge in [0.25, 0.3) is 5.91 Å². The third-order valence-corrected chi connectivity index (χ3v) is 7.07. The van der Waals surface area contributed by atoms with Crippen molar-refractivity contribution >= 4 is 34.8 Å². The number of primary amides is 1. The SMILES string of the molecule is CC(=O)NC[C@@]12Cc3c(N)ccc(O)c3C(O)=C1C(=O)[C@]1(O)C(O)=C(C(N)=O)C(=O)[C@@H](N)[C@@H]1C2. The van der Waals surface area contributed by atoms with Gasteiger partial charge in [-0.1, -0.05) is 0 Å². The number of hydrogen-bond acceptors (Lipinski definition) is 10. The van der Waals surface area contributed by atoms with E-state index in [1.165, 1.54) is 19.1 Å². The lowest BCUT2D eigenvalue weighted by atomic mass is 9.51. The molecule has 34 heavy (non-hydrogen) atoms. The second-order valence-electron chi connectivity index (χ2n) is 9.00. The molecule has 0 heterocycles. The first-order chi connectivity index (χ1) is 15.8. The summed E-state index contributed by atoms with van der Waals surface area (Å²) in [7, 11) is 0. The Morgan fingerprint density at radius 3 is 2.44 bits per heavy atom. The lowest BCUT2D eigenvalue weighted by Gasteiger charge is -2.53. The second-order valence-corrected chi connectivity index (χ2v) is 9.00. The van der Waals surface area contributed by atoms with Crippen molar-refractivity contribution in [3.8, 4) is 5.75 Å². The van der Waals surface area contributed by atoms with Gasteiger partial charge in [-0.25, -0.2) is 0 Å². The van der Waals surface area contributed by atoms with Crippen LogP contribution in [0.5, 0.6) is 5.75 Å². The predicted octanol–water partition coefficient (Wildman–Crippen LogP) is -1.55. The number of amides is 2. The number of rotatable bonds is 3. The second kappa shape index (κ2) is 7.30. The van der Waals surface area contributed by atoms with E-state index in [2.05, 4.69) is 5.32 Å². The Morgan fingerprint density at radius 1 is 1.21 bits per heavy atom. The van der Waals surface area contributed by atoms with Gasteiger partial charge in [0.2, 0.25) is 11.7 Å². The van der Waals surface area contributed by atoms with Crippen molar-refractivity contribution in [3.63, 3.8) is 0 Å². The fraction of sp³-hybridized carbons (Fsp3) is 0.364. The molecule has 1 aromatic rings. The van der Waals surface area contributed by atoms with Gasteiger partial charge in [-0.05, 0) is 30.5 Å². The molecule has 3 aliphatic carbocycles. The van der Waals surface area contributed by atoms with E-state index in [-0.39, 0.29) is 36.2 Å². The normalized spacial score (nSPS) is 30.4. The molecule has 1 aromatic carbocycles. The Labute approximate surface area is 192 Å². The minimum Gasteiger partial charge on any atom is -0.508 e. The molecule has 1 saturated carbocycles. The van der Waals surface area contributed by atoms with E-state index in [1.807, 2.05) is 0 Å². The Kier molecular flexibility index (Phi) is 5.00. The average Bonchev–Trinajstić information content (AvgIpc) is 2.75. The zero-order chi connectivity index (χ0) is 25.3. The number of carbonyl (C=O) groups is 4. The number of anilines is 1. The van der Waals surface area contributed by atoms with E-state index in [1.54, 1.807) is 0 Å². The first kappa shape index (κ1) is 23.3. The highest BCUT2D eigenvalue weighted by Gasteiger charge is 2.66. The summed E-state index contributed by atoms with van der Waals surface area (Å²) >= 11 is 0. The number of aromatic hydroxyl groups is 1. The molecule has 0 spiro atoms. The molecule has 2 amide bonds. The van der Waals surface area contributed by atoms with Crippen molar-refractivity contribution in [1.82, 2.24) is 5.32 Å². The van der Waals surface area contributed by atoms with Crippen LogP contribution in [0.1, 0.15) is 24.5 Å². The summed E-state index contributed by atoms with van der Waals surface area (Å²) in [5.41, 5.74) is 12.0. The van der Waals surface area contributed by atoms with Crippen LogP contribution in [0.3, 0.4) is 0 Å². The molecule has 4 atom stereocenters. The number of nitrogen functional groups attached to an aromatic ring is 1. The number of nitrogens with one attached hydrogen (secondary N) is 1. The fourth-order valence-electron chi connectivity index (χ4n) is 5.44. The van der Waals surface area contributed by atoms with E-state index < -0.39 is 74.8 Å². The van der Waals surface area contributed by atoms with Crippen LogP contribution >= 0.6 is 0 Å². The molecule has 0 aromatic heterocycles. The molecule has 0 radical (unpaired) electrons. The summed E-state index contributed by atoms with van der Waals surface area (Å²) in [5.74, 6) is -7.92. The molecular formula is C22H24N4O8. The largest absolute Gasteiger partial charge is 0.508 e. The highest BCUT2D eigenvalue weighted by atomic mass is 16.3. The van der Waals surface area contributed by atoms with Crippen molar-refractivity contribution < 1.29 is 39.6 Å². The number of ketones is 2. The number of phenolic OH excluding ortho intramolecular Hbond substituents is 1. The van der Waals surface area contributed by atoms with Gasteiger partial charge >= 0.3 is 0 Å².